The first-order valence-corrected chi connectivity index (χ1v) is 8.89. The number of piperazine rings is 1. The van der Waals surface area contributed by atoms with Crippen molar-refractivity contribution in [3.05, 3.63) is 0 Å². The molecule has 4 heteroatoms. The molecule has 1 N–H and O–H groups in total. The highest BCUT2D eigenvalue weighted by molar-refractivity contribution is 5.85. The molecule has 1 unspecified atom stereocenters. The lowest BCUT2D eigenvalue weighted by Crippen LogP contribution is -2.50. The summed E-state index contributed by atoms with van der Waals surface area (Å²) in [6, 6.07) is 0. The molecule has 0 bridgehead atoms. The second kappa shape index (κ2) is 8.14. The predicted molar refractivity (Wildman–Crippen MR) is 92.3 cm³/mol. The van der Waals surface area contributed by atoms with E-state index in [4.69, 9.17) is 0 Å². The quantitative estimate of drug-likeness (QED) is 0.860. The van der Waals surface area contributed by atoms with E-state index < -0.39 is 0 Å². The topological polar surface area (TPSA) is 18.5 Å². The van der Waals surface area contributed by atoms with E-state index in [2.05, 4.69) is 22.0 Å². The van der Waals surface area contributed by atoms with Gasteiger partial charge in [0.2, 0.25) is 0 Å². The summed E-state index contributed by atoms with van der Waals surface area (Å²) in [5.41, 5.74) is 0.533. The Kier molecular flexibility index (Phi) is 6.79. The highest BCUT2D eigenvalue weighted by atomic mass is 35.5. The fourth-order valence-electron chi connectivity index (χ4n) is 4.41. The Bertz CT molecular complexity index is 290. The molecule has 3 nitrogen and oxygen atoms in total. The molecule has 2 saturated heterocycles. The van der Waals surface area contributed by atoms with Crippen LogP contribution >= 0.6 is 12.4 Å². The summed E-state index contributed by atoms with van der Waals surface area (Å²) in [6.45, 7) is 12.8. The first-order valence-electron chi connectivity index (χ1n) is 8.89. The van der Waals surface area contributed by atoms with Crippen LogP contribution in [0.15, 0.2) is 0 Å². The lowest BCUT2D eigenvalue weighted by molar-refractivity contribution is 0.0830. The van der Waals surface area contributed by atoms with E-state index in [1.165, 1.54) is 90.9 Å². The smallest absolute Gasteiger partial charge is 0.0110 e. The maximum atomic E-state index is 3.53. The van der Waals surface area contributed by atoms with Crippen molar-refractivity contribution in [3.8, 4) is 0 Å². The Morgan fingerprint density at radius 1 is 1.00 bits per heavy atom. The molecule has 124 valence electrons. The van der Waals surface area contributed by atoms with Crippen molar-refractivity contribution < 1.29 is 0 Å². The van der Waals surface area contributed by atoms with E-state index in [1.807, 2.05) is 0 Å². The Hall–Kier alpha value is 0.170. The molecule has 1 saturated carbocycles. The minimum Gasteiger partial charge on any atom is -0.316 e. The minimum absolute atomic E-state index is 0. The Morgan fingerprint density at radius 3 is 2.29 bits per heavy atom. The van der Waals surface area contributed by atoms with Gasteiger partial charge in [0, 0.05) is 45.8 Å². The van der Waals surface area contributed by atoms with Gasteiger partial charge in [-0.3, -0.25) is 0 Å². The zero-order valence-corrected chi connectivity index (χ0v) is 14.6. The normalized spacial score (nSPS) is 33.0. The van der Waals surface area contributed by atoms with Crippen LogP contribution in [0.2, 0.25) is 0 Å². The molecule has 3 fully saturated rings. The van der Waals surface area contributed by atoms with Gasteiger partial charge in [-0.25, -0.2) is 0 Å². The van der Waals surface area contributed by atoms with Gasteiger partial charge >= 0.3 is 0 Å². The van der Waals surface area contributed by atoms with Gasteiger partial charge in [0.05, 0.1) is 0 Å². The SMILES string of the molecule is CC1(CN2CCN(CC3CCCCC3)CC2)CCNC1.Cl. The summed E-state index contributed by atoms with van der Waals surface area (Å²) in [7, 11) is 0. The van der Waals surface area contributed by atoms with E-state index in [1.54, 1.807) is 0 Å². The third-order valence-corrected chi connectivity index (χ3v) is 5.77. The van der Waals surface area contributed by atoms with Crippen LogP contribution in [0.3, 0.4) is 0 Å². The van der Waals surface area contributed by atoms with Gasteiger partial charge in [0.1, 0.15) is 0 Å². The summed E-state index contributed by atoms with van der Waals surface area (Å²) in [4.78, 5) is 5.45. The molecule has 0 aromatic heterocycles. The van der Waals surface area contributed by atoms with Crippen molar-refractivity contribution in [1.29, 1.82) is 0 Å². The summed E-state index contributed by atoms with van der Waals surface area (Å²) >= 11 is 0. The first kappa shape index (κ1) is 17.5. The third kappa shape index (κ3) is 5.09. The maximum absolute atomic E-state index is 3.53. The molecule has 1 aliphatic carbocycles. The lowest BCUT2D eigenvalue weighted by atomic mass is 9.88. The van der Waals surface area contributed by atoms with Gasteiger partial charge < -0.3 is 15.1 Å². The molecule has 3 rings (SSSR count). The molecule has 2 heterocycles. The van der Waals surface area contributed by atoms with Gasteiger partial charge in [0.15, 0.2) is 0 Å². The van der Waals surface area contributed by atoms with Crippen molar-refractivity contribution in [1.82, 2.24) is 15.1 Å². The van der Waals surface area contributed by atoms with E-state index in [9.17, 15) is 0 Å². The van der Waals surface area contributed by atoms with Crippen LogP contribution in [-0.2, 0) is 0 Å². The lowest BCUT2D eigenvalue weighted by Gasteiger charge is -2.40. The molecular weight excluding hydrogens is 282 g/mol. The number of nitrogens with zero attached hydrogens (tertiary/aromatic N) is 2. The van der Waals surface area contributed by atoms with Crippen molar-refractivity contribution >= 4 is 12.4 Å². The van der Waals surface area contributed by atoms with Crippen LogP contribution in [0.5, 0.6) is 0 Å². The summed E-state index contributed by atoms with van der Waals surface area (Å²) in [5, 5.41) is 3.53. The molecular formula is C17H34ClN3. The Balaban J connectivity index is 0.00000161. The van der Waals surface area contributed by atoms with Gasteiger partial charge in [-0.2, -0.15) is 0 Å². The third-order valence-electron chi connectivity index (χ3n) is 5.77. The van der Waals surface area contributed by atoms with E-state index in [0.29, 0.717) is 5.41 Å². The van der Waals surface area contributed by atoms with Crippen LogP contribution in [-0.4, -0.2) is 62.2 Å². The number of rotatable bonds is 4. The molecule has 21 heavy (non-hydrogen) atoms. The number of hydrogen-bond acceptors (Lipinski definition) is 3. The Morgan fingerprint density at radius 2 is 1.67 bits per heavy atom. The molecule has 0 radical (unpaired) electrons. The van der Waals surface area contributed by atoms with Crippen LogP contribution in [0.1, 0.15) is 45.4 Å². The van der Waals surface area contributed by atoms with Crippen LogP contribution in [0, 0.1) is 11.3 Å². The number of halogens is 1. The fourth-order valence-corrected chi connectivity index (χ4v) is 4.41. The molecule has 3 aliphatic rings. The van der Waals surface area contributed by atoms with Crippen molar-refractivity contribution in [2.45, 2.75) is 45.4 Å². The standard InChI is InChI=1S/C17H33N3.ClH/c1-17(7-8-18-14-17)15-20-11-9-19(10-12-20)13-16-5-3-2-4-6-16;/h16,18H,2-15H2,1H3;1H. The van der Waals surface area contributed by atoms with Crippen molar-refractivity contribution in [2.24, 2.45) is 11.3 Å². The molecule has 0 spiro atoms. The van der Waals surface area contributed by atoms with Gasteiger partial charge in [-0.15, -0.1) is 12.4 Å². The largest absolute Gasteiger partial charge is 0.316 e. The van der Waals surface area contributed by atoms with Crippen LogP contribution < -0.4 is 5.32 Å². The number of nitrogens with one attached hydrogen (secondary N) is 1. The monoisotopic (exact) mass is 315 g/mol. The fraction of sp³-hybridized carbons (Fsp3) is 1.00. The van der Waals surface area contributed by atoms with Gasteiger partial charge in [-0.05, 0) is 37.1 Å². The van der Waals surface area contributed by atoms with E-state index >= 15 is 0 Å². The van der Waals surface area contributed by atoms with E-state index in [-0.39, 0.29) is 12.4 Å². The average molecular weight is 316 g/mol. The summed E-state index contributed by atoms with van der Waals surface area (Å²) in [5.74, 6) is 1.01. The highest BCUT2D eigenvalue weighted by Gasteiger charge is 2.32. The zero-order chi connectivity index (χ0) is 13.8. The van der Waals surface area contributed by atoms with Gasteiger partial charge in [-0.1, -0.05) is 26.2 Å². The molecule has 0 aromatic carbocycles. The van der Waals surface area contributed by atoms with Crippen molar-refractivity contribution in [3.63, 3.8) is 0 Å². The maximum Gasteiger partial charge on any atom is 0.0110 e. The second-order valence-electron chi connectivity index (χ2n) is 7.82. The zero-order valence-electron chi connectivity index (χ0n) is 13.8. The van der Waals surface area contributed by atoms with Gasteiger partial charge in [0.25, 0.3) is 0 Å². The molecule has 1 atom stereocenters. The van der Waals surface area contributed by atoms with Crippen LogP contribution in [0.25, 0.3) is 0 Å². The predicted octanol–water partition coefficient (Wildman–Crippen LogP) is 2.61. The van der Waals surface area contributed by atoms with Crippen LogP contribution in [0.4, 0.5) is 0 Å². The summed E-state index contributed by atoms with van der Waals surface area (Å²) < 4.78 is 0. The summed E-state index contributed by atoms with van der Waals surface area (Å²) in [6.07, 6.45) is 8.78. The first-order chi connectivity index (χ1) is 9.73. The molecule has 2 aliphatic heterocycles. The highest BCUT2D eigenvalue weighted by Crippen LogP contribution is 2.27. The Labute approximate surface area is 137 Å². The van der Waals surface area contributed by atoms with E-state index in [0.717, 1.165) is 5.92 Å². The molecule has 0 amide bonds. The molecule has 0 aromatic rings. The van der Waals surface area contributed by atoms with Crippen molar-refractivity contribution in [2.75, 3.05) is 52.4 Å². The minimum atomic E-state index is 0. The average Bonchev–Trinajstić information content (AvgIpc) is 2.89. The number of hydrogen-bond donors (Lipinski definition) is 1. The second-order valence-corrected chi connectivity index (χ2v) is 7.82.